The van der Waals surface area contributed by atoms with Crippen LogP contribution in [0.15, 0.2) is 127 Å². The SMILES string of the molecule is COc1ccc(NC(=O)Nc2ccc(CC(=O)NCCCN(C)C)cc2C#Cc2c(F)c(C#Cc3cc(C(=O)NCCCN(C)C)ccc3NC(=O)Nc3ccc(OC)cc3)c(F)c(C#Cc3cc(C(=O)NCCCN(C)C)ccc3NC(=O)Nc3ccc(OC)cc3)c2F)cc1. The summed E-state index contributed by atoms with van der Waals surface area (Å²) in [6, 6.07) is 29.7. The van der Waals surface area contributed by atoms with Crippen LogP contribution >= 0.6 is 0 Å². The molecule has 7 aromatic carbocycles. The van der Waals surface area contributed by atoms with Gasteiger partial charge in [0.15, 0.2) is 17.5 Å². The highest BCUT2D eigenvalue weighted by atomic mass is 19.1. The molecular weight excluding hydrogens is 1250 g/mol. The third kappa shape index (κ3) is 22.6. The molecule has 0 heterocycles. The third-order valence-electron chi connectivity index (χ3n) is 14.3. The Labute approximate surface area is 562 Å². The Balaban J connectivity index is 1.41. The molecule has 0 saturated carbocycles. The number of anilines is 6. The van der Waals surface area contributed by atoms with Gasteiger partial charge in [0.1, 0.15) is 17.2 Å². The van der Waals surface area contributed by atoms with Gasteiger partial charge in [0.25, 0.3) is 11.8 Å². The van der Waals surface area contributed by atoms with Gasteiger partial charge in [-0.15, -0.1) is 0 Å². The number of carbonyl (C=O) groups excluding carboxylic acids is 6. The van der Waals surface area contributed by atoms with E-state index in [1.807, 2.05) is 57.0 Å². The lowest BCUT2D eigenvalue weighted by atomic mass is 10.00. The molecule has 504 valence electrons. The summed E-state index contributed by atoms with van der Waals surface area (Å²) >= 11 is 0. The molecule has 9 N–H and O–H groups in total. The van der Waals surface area contributed by atoms with Crippen LogP contribution in [0.1, 0.15) is 78.9 Å². The van der Waals surface area contributed by atoms with Crippen LogP contribution in [0.4, 0.5) is 61.7 Å². The Morgan fingerprint density at radius 2 is 0.691 bits per heavy atom. The first kappa shape index (κ1) is 72.9. The fraction of sp³-hybridized carbons (Fsp3) is 0.260. The van der Waals surface area contributed by atoms with Crippen LogP contribution in [-0.2, 0) is 11.2 Å². The summed E-state index contributed by atoms with van der Waals surface area (Å²) in [5.74, 6) is 11.0. The number of hydrogen-bond acceptors (Lipinski definition) is 12. The van der Waals surface area contributed by atoms with Crippen molar-refractivity contribution in [3.05, 3.63) is 195 Å². The minimum Gasteiger partial charge on any atom is -0.497 e. The highest BCUT2D eigenvalue weighted by Crippen LogP contribution is 2.28. The van der Waals surface area contributed by atoms with Crippen molar-refractivity contribution < 1.29 is 56.1 Å². The zero-order chi connectivity index (χ0) is 70.0. The molecule has 0 aliphatic heterocycles. The van der Waals surface area contributed by atoms with Crippen LogP contribution < -0.4 is 62.1 Å². The standard InChI is InChI=1S/C73H77F3N12O9/c1-86(2)40-10-37-77-65(89)44-47-13-34-62(83-71(92)80-53-19-25-56(95-7)26-20-53)48(43-47)14-31-59-66(74)60(32-15-49-45-51(69(90)78-38-11-41-87(3)4)17-35-63(49)84-72(93)81-54-21-27-57(96-8)28-22-54)68(76)61(67(59)75)33-16-50-46-52(70(91)79-39-12-42-88(5)6)18-36-64(50)85-73(94)82-55-23-29-58(97-9)30-24-55/h13,17-30,34-36,43,45-46H,10-12,37-42,44H2,1-9H3,(H,77,89)(H,78,90)(H,79,91)(H2,80,83,92)(H2,81,84,93)(H2,82,85,94). The van der Waals surface area contributed by atoms with Gasteiger partial charge in [-0.1, -0.05) is 41.6 Å². The molecule has 0 unspecified atom stereocenters. The zero-order valence-electron chi connectivity index (χ0n) is 55.3. The summed E-state index contributed by atoms with van der Waals surface area (Å²) in [4.78, 5) is 87.2. The van der Waals surface area contributed by atoms with Gasteiger partial charge in [0, 0.05) is 64.5 Å². The van der Waals surface area contributed by atoms with Gasteiger partial charge in [-0.05, 0) is 208 Å². The molecule has 21 nitrogen and oxygen atoms in total. The third-order valence-corrected chi connectivity index (χ3v) is 14.3. The van der Waals surface area contributed by atoms with Crippen molar-refractivity contribution in [3.8, 4) is 52.8 Å². The zero-order valence-corrected chi connectivity index (χ0v) is 55.3. The molecule has 7 aromatic rings. The van der Waals surface area contributed by atoms with Gasteiger partial charge in [-0.2, -0.15) is 0 Å². The summed E-state index contributed by atoms with van der Waals surface area (Å²) < 4.78 is 68.6. The molecular formula is C73H77F3N12O9. The van der Waals surface area contributed by atoms with Gasteiger partial charge in [0.2, 0.25) is 5.91 Å². The molecule has 24 heteroatoms. The lowest BCUT2D eigenvalue weighted by Crippen LogP contribution is -2.28. The van der Waals surface area contributed by atoms with Crippen LogP contribution in [0, 0.1) is 53.0 Å². The first-order chi connectivity index (χ1) is 46.6. The number of benzene rings is 7. The predicted molar refractivity (Wildman–Crippen MR) is 371 cm³/mol. The van der Waals surface area contributed by atoms with Gasteiger partial charge in [0.05, 0.1) is 61.5 Å². The molecule has 97 heavy (non-hydrogen) atoms. The lowest BCUT2D eigenvalue weighted by molar-refractivity contribution is -0.120. The molecule has 0 bridgehead atoms. The lowest BCUT2D eigenvalue weighted by Gasteiger charge is -2.13. The summed E-state index contributed by atoms with van der Waals surface area (Å²) in [7, 11) is 15.8. The smallest absolute Gasteiger partial charge is 0.323 e. The van der Waals surface area contributed by atoms with E-state index in [9.17, 15) is 28.8 Å². The highest BCUT2D eigenvalue weighted by molar-refractivity contribution is 6.04. The Hall–Kier alpha value is -11.5. The number of methoxy groups -OCH3 is 3. The molecule has 0 fully saturated rings. The van der Waals surface area contributed by atoms with E-state index in [-0.39, 0.29) is 70.3 Å². The summed E-state index contributed by atoms with van der Waals surface area (Å²) in [5, 5.41) is 24.7. The van der Waals surface area contributed by atoms with Crippen molar-refractivity contribution >= 4 is 69.9 Å². The molecule has 7 rings (SSSR count). The van der Waals surface area contributed by atoms with Gasteiger partial charge >= 0.3 is 18.1 Å². The van der Waals surface area contributed by atoms with Crippen molar-refractivity contribution in [2.24, 2.45) is 0 Å². The molecule has 0 spiro atoms. The quantitative estimate of drug-likeness (QED) is 0.0192. The monoisotopic (exact) mass is 1320 g/mol. The number of urea groups is 3. The van der Waals surface area contributed by atoms with E-state index in [0.717, 1.165) is 6.54 Å². The topological polar surface area (TPSA) is 248 Å². The average Bonchev–Trinajstić information content (AvgIpc) is 0.787. The molecule has 0 saturated heterocycles. The largest absolute Gasteiger partial charge is 0.497 e. The van der Waals surface area contributed by atoms with Crippen LogP contribution in [0.5, 0.6) is 17.2 Å². The summed E-state index contributed by atoms with van der Waals surface area (Å²) in [6.07, 6.45) is 1.71. The van der Waals surface area contributed by atoms with Crippen LogP contribution in [0.3, 0.4) is 0 Å². The van der Waals surface area contributed by atoms with Crippen LogP contribution in [-0.4, -0.2) is 153 Å². The normalized spacial score (nSPS) is 10.5. The fourth-order valence-electron chi connectivity index (χ4n) is 9.24. The van der Waals surface area contributed by atoms with Gasteiger partial charge in [-0.3, -0.25) is 14.4 Å². The Morgan fingerprint density at radius 3 is 1.01 bits per heavy atom. The second-order valence-corrected chi connectivity index (χ2v) is 22.6. The molecule has 0 aliphatic rings. The van der Waals surface area contributed by atoms with Crippen molar-refractivity contribution in [2.75, 3.05) is 135 Å². The minimum atomic E-state index is -1.61. The fourth-order valence-corrected chi connectivity index (χ4v) is 9.24. The average molecular weight is 1320 g/mol. The minimum absolute atomic E-state index is 0.0125. The number of amides is 9. The number of carbonyl (C=O) groups is 6. The van der Waals surface area contributed by atoms with Crippen LogP contribution in [0.25, 0.3) is 0 Å². The maximum atomic E-state index is 17.6. The first-order valence-electron chi connectivity index (χ1n) is 30.7. The van der Waals surface area contributed by atoms with Gasteiger partial charge in [-0.25, -0.2) is 27.6 Å². The number of nitrogens with one attached hydrogen (secondary N) is 9. The molecule has 0 aromatic heterocycles. The Kier molecular flexibility index (Phi) is 27.3. The van der Waals surface area contributed by atoms with E-state index in [1.54, 1.807) is 78.9 Å². The van der Waals surface area contributed by atoms with E-state index in [2.05, 4.69) is 83.4 Å². The maximum absolute atomic E-state index is 17.6. The second kappa shape index (κ2) is 36.2. The van der Waals surface area contributed by atoms with Gasteiger partial charge < -0.3 is 76.8 Å². The molecule has 0 aliphatic carbocycles. The van der Waals surface area contributed by atoms with Crippen molar-refractivity contribution in [1.82, 2.24) is 30.7 Å². The van der Waals surface area contributed by atoms with E-state index in [1.165, 1.54) is 69.9 Å². The van der Waals surface area contributed by atoms with Crippen molar-refractivity contribution in [1.29, 1.82) is 0 Å². The van der Waals surface area contributed by atoms with Crippen molar-refractivity contribution in [3.63, 3.8) is 0 Å². The number of hydrogen-bond donors (Lipinski definition) is 9. The van der Waals surface area contributed by atoms with E-state index in [0.29, 0.717) is 78.8 Å². The van der Waals surface area contributed by atoms with E-state index < -0.39 is 64.0 Å². The number of halogens is 3. The van der Waals surface area contributed by atoms with E-state index in [4.69, 9.17) is 14.2 Å². The Bertz CT molecular complexity index is 3990. The summed E-state index contributed by atoms with van der Waals surface area (Å²) in [6.45, 7) is 3.01. The number of nitrogens with zero attached hydrogens (tertiary/aromatic N) is 3. The number of ether oxygens (including phenoxy) is 3. The molecule has 9 amide bonds. The number of rotatable bonds is 25. The van der Waals surface area contributed by atoms with E-state index >= 15 is 13.2 Å². The first-order valence-corrected chi connectivity index (χ1v) is 30.7. The summed E-state index contributed by atoms with van der Waals surface area (Å²) in [5.41, 5.74) is -1.82. The highest BCUT2D eigenvalue weighted by Gasteiger charge is 2.24. The second-order valence-electron chi connectivity index (χ2n) is 22.6. The molecule has 0 atom stereocenters. The van der Waals surface area contributed by atoms with Crippen LogP contribution in [0.2, 0.25) is 0 Å². The molecule has 0 radical (unpaired) electrons. The predicted octanol–water partition coefficient (Wildman–Crippen LogP) is 10.2. The maximum Gasteiger partial charge on any atom is 0.323 e. The van der Waals surface area contributed by atoms with Crippen molar-refractivity contribution in [2.45, 2.75) is 25.7 Å². The Morgan fingerprint density at radius 1 is 0.381 bits per heavy atom.